The number of amides is 1. The smallest absolute Gasteiger partial charge is 0.265 e. The third-order valence-corrected chi connectivity index (χ3v) is 5.29. The van der Waals surface area contributed by atoms with Crippen LogP contribution in [0.15, 0.2) is 104 Å². The maximum atomic E-state index is 13.0. The van der Waals surface area contributed by atoms with Crippen molar-refractivity contribution in [3.8, 4) is 0 Å². The molecule has 0 saturated heterocycles. The number of benzene rings is 3. The minimum absolute atomic E-state index is 0.264. The van der Waals surface area contributed by atoms with Gasteiger partial charge in [0.15, 0.2) is 5.84 Å². The van der Waals surface area contributed by atoms with Gasteiger partial charge in [-0.1, -0.05) is 86.5 Å². The van der Waals surface area contributed by atoms with Gasteiger partial charge in [0.1, 0.15) is 5.70 Å². The lowest BCUT2D eigenvalue weighted by molar-refractivity contribution is -0.122. The summed E-state index contributed by atoms with van der Waals surface area (Å²) in [4.78, 5) is 17.6. The van der Waals surface area contributed by atoms with Crippen LogP contribution in [-0.2, 0) is 4.79 Å². The van der Waals surface area contributed by atoms with E-state index in [0.29, 0.717) is 11.5 Å². The first kappa shape index (κ1) is 19.5. The zero-order chi connectivity index (χ0) is 20.2. The number of hydrazone groups is 1. The summed E-state index contributed by atoms with van der Waals surface area (Å²) in [6.07, 6.45) is 3.43. The van der Waals surface area contributed by atoms with Gasteiger partial charge in [-0.2, -0.15) is 10.1 Å². The molecule has 4 nitrogen and oxygen atoms in total. The molecule has 6 heteroatoms. The number of halogens is 2. The Labute approximate surface area is 185 Å². The molecule has 1 aliphatic heterocycles. The van der Waals surface area contributed by atoms with E-state index in [-0.39, 0.29) is 5.91 Å². The van der Waals surface area contributed by atoms with Gasteiger partial charge in [0.25, 0.3) is 5.91 Å². The van der Waals surface area contributed by atoms with Crippen molar-refractivity contribution in [2.45, 2.75) is 0 Å². The zero-order valence-electron chi connectivity index (χ0n) is 15.2. The third-order valence-electron chi connectivity index (χ3n) is 4.24. The molecule has 4 rings (SSSR count). The average molecular weight is 509 g/mol. The van der Waals surface area contributed by atoms with Crippen LogP contribution in [-0.4, -0.2) is 23.0 Å². The molecular formula is C23H15Br2N3O. The predicted octanol–water partition coefficient (Wildman–Crippen LogP) is 5.88. The maximum Gasteiger partial charge on any atom is 0.298 e. The largest absolute Gasteiger partial charge is 0.298 e. The zero-order valence-corrected chi connectivity index (χ0v) is 18.3. The third kappa shape index (κ3) is 4.60. The van der Waals surface area contributed by atoms with Gasteiger partial charge >= 0.3 is 0 Å². The Morgan fingerprint density at radius 2 is 1.38 bits per heavy atom. The van der Waals surface area contributed by atoms with Crippen LogP contribution >= 0.6 is 31.9 Å². The van der Waals surface area contributed by atoms with E-state index in [1.165, 1.54) is 5.01 Å². The van der Waals surface area contributed by atoms with Crippen LogP contribution in [0.3, 0.4) is 0 Å². The molecule has 0 aromatic heterocycles. The molecule has 29 heavy (non-hydrogen) atoms. The van der Waals surface area contributed by atoms with Crippen molar-refractivity contribution in [3.05, 3.63) is 110 Å². The second-order valence-corrected chi connectivity index (χ2v) is 8.13. The molecule has 142 valence electrons. The molecule has 0 atom stereocenters. The van der Waals surface area contributed by atoms with E-state index in [1.807, 2.05) is 78.9 Å². The van der Waals surface area contributed by atoms with Gasteiger partial charge in [-0.25, -0.2) is 4.99 Å². The lowest BCUT2D eigenvalue weighted by Gasteiger charge is -2.11. The molecular weight excluding hydrogens is 494 g/mol. The first-order chi connectivity index (χ1) is 14.1. The maximum absolute atomic E-state index is 13.0. The average Bonchev–Trinajstić information content (AvgIpc) is 3.05. The first-order valence-electron chi connectivity index (χ1n) is 8.85. The Kier molecular flexibility index (Phi) is 5.83. The second-order valence-electron chi connectivity index (χ2n) is 6.30. The lowest BCUT2D eigenvalue weighted by Crippen LogP contribution is -2.27. The van der Waals surface area contributed by atoms with E-state index in [2.05, 4.69) is 42.0 Å². The van der Waals surface area contributed by atoms with E-state index in [1.54, 1.807) is 12.3 Å². The number of amidine groups is 1. The summed E-state index contributed by atoms with van der Waals surface area (Å²) in [7, 11) is 0. The quantitative estimate of drug-likeness (QED) is 0.321. The van der Waals surface area contributed by atoms with Gasteiger partial charge in [-0.05, 0) is 41.5 Å². The molecule has 1 amide bonds. The Hall–Kier alpha value is -2.83. The molecule has 0 aliphatic carbocycles. The summed E-state index contributed by atoms with van der Waals surface area (Å²) in [5, 5.41) is 5.78. The molecule has 0 saturated carbocycles. The molecule has 1 aliphatic rings. The first-order valence-corrected chi connectivity index (χ1v) is 10.4. The standard InChI is InChI=1S/C23H15Br2N3O/c24-19-10-6-16(7-11-19)14-21-23(29)28(22(27-21)18-4-2-1-3-5-18)26-15-17-8-12-20(25)13-9-17/h1-15H/b21-14+,26-15+. The van der Waals surface area contributed by atoms with Gasteiger partial charge in [-0.3, -0.25) is 4.79 Å². The fraction of sp³-hybridized carbons (Fsp3) is 0. The Balaban J connectivity index is 1.71. The summed E-state index contributed by atoms with van der Waals surface area (Å²) in [6.45, 7) is 0. The van der Waals surface area contributed by atoms with Gasteiger partial charge < -0.3 is 0 Å². The Bertz CT molecular complexity index is 1120. The van der Waals surface area contributed by atoms with Crippen LogP contribution in [0.5, 0.6) is 0 Å². The van der Waals surface area contributed by atoms with Crippen LogP contribution in [0, 0.1) is 0 Å². The van der Waals surface area contributed by atoms with Crippen LogP contribution in [0.25, 0.3) is 6.08 Å². The van der Waals surface area contributed by atoms with Gasteiger partial charge in [-0.15, -0.1) is 0 Å². The molecule has 0 bridgehead atoms. The number of hydrogen-bond donors (Lipinski definition) is 0. The van der Waals surface area contributed by atoms with E-state index in [0.717, 1.165) is 25.6 Å². The molecule has 3 aromatic carbocycles. The predicted molar refractivity (Wildman–Crippen MR) is 124 cm³/mol. The number of carbonyl (C=O) groups excluding carboxylic acids is 1. The summed E-state index contributed by atoms with van der Waals surface area (Å²) < 4.78 is 1.96. The summed E-state index contributed by atoms with van der Waals surface area (Å²) in [6, 6.07) is 25.0. The van der Waals surface area contributed by atoms with E-state index >= 15 is 0 Å². The van der Waals surface area contributed by atoms with Gasteiger partial charge in [0, 0.05) is 14.5 Å². The van der Waals surface area contributed by atoms with Crippen molar-refractivity contribution in [3.63, 3.8) is 0 Å². The van der Waals surface area contributed by atoms with Crippen molar-refractivity contribution < 1.29 is 4.79 Å². The molecule has 0 N–H and O–H groups in total. The fourth-order valence-electron chi connectivity index (χ4n) is 2.78. The van der Waals surface area contributed by atoms with Crippen LogP contribution < -0.4 is 0 Å². The number of aliphatic imine (C=N–C) groups is 1. The topological polar surface area (TPSA) is 45.0 Å². The van der Waals surface area contributed by atoms with Crippen LogP contribution in [0.4, 0.5) is 0 Å². The second kappa shape index (κ2) is 8.68. The van der Waals surface area contributed by atoms with E-state index in [9.17, 15) is 4.79 Å². The SMILES string of the molecule is O=C1/C(=C\c2ccc(Br)cc2)N=C(c2ccccc2)N1/N=C/c1ccc(Br)cc1. The van der Waals surface area contributed by atoms with Crippen molar-refractivity contribution in [1.29, 1.82) is 0 Å². The Morgan fingerprint density at radius 3 is 2.00 bits per heavy atom. The fourth-order valence-corrected chi connectivity index (χ4v) is 3.31. The molecule has 0 radical (unpaired) electrons. The highest BCUT2D eigenvalue weighted by atomic mass is 79.9. The van der Waals surface area contributed by atoms with Crippen molar-refractivity contribution in [1.82, 2.24) is 5.01 Å². The number of carbonyl (C=O) groups is 1. The minimum atomic E-state index is -0.264. The minimum Gasteiger partial charge on any atom is -0.265 e. The van der Waals surface area contributed by atoms with E-state index < -0.39 is 0 Å². The highest BCUT2D eigenvalue weighted by molar-refractivity contribution is 9.10. The normalized spacial score (nSPS) is 15.4. The van der Waals surface area contributed by atoms with E-state index in [4.69, 9.17) is 0 Å². The summed E-state index contributed by atoms with van der Waals surface area (Å²) >= 11 is 6.84. The summed E-state index contributed by atoms with van der Waals surface area (Å²) in [5.41, 5.74) is 2.96. The van der Waals surface area contributed by atoms with Crippen LogP contribution in [0.1, 0.15) is 16.7 Å². The van der Waals surface area contributed by atoms with Gasteiger partial charge in [0.2, 0.25) is 0 Å². The molecule has 0 spiro atoms. The van der Waals surface area contributed by atoms with Crippen molar-refractivity contribution >= 4 is 55.9 Å². The Morgan fingerprint density at radius 1 is 0.793 bits per heavy atom. The molecule has 3 aromatic rings. The van der Waals surface area contributed by atoms with Gasteiger partial charge in [0.05, 0.1) is 6.21 Å². The van der Waals surface area contributed by atoms with Crippen molar-refractivity contribution in [2.24, 2.45) is 10.1 Å². The molecule has 0 unspecified atom stereocenters. The number of hydrogen-bond acceptors (Lipinski definition) is 3. The van der Waals surface area contributed by atoms with Crippen LogP contribution in [0.2, 0.25) is 0 Å². The highest BCUT2D eigenvalue weighted by Crippen LogP contribution is 2.23. The monoisotopic (exact) mass is 507 g/mol. The number of rotatable bonds is 4. The van der Waals surface area contributed by atoms with Crippen molar-refractivity contribution in [2.75, 3.05) is 0 Å². The molecule has 1 heterocycles. The summed E-state index contributed by atoms with van der Waals surface area (Å²) in [5.74, 6) is 0.243. The lowest BCUT2D eigenvalue weighted by atomic mass is 10.2. The number of nitrogens with zero attached hydrogens (tertiary/aromatic N) is 3. The molecule has 0 fully saturated rings. The highest BCUT2D eigenvalue weighted by Gasteiger charge is 2.31.